The van der Waals surface area contributed by atoms with Crippen molar-refractivity contribution >= 4 is 5.97 Å². The summed E-state index contributed by atoms with van der Waals surface area (Å²) in [6.07, 6.45) is 1.62. The van der Waals surface area contributed by atoms with Crippen LogP contribution in [0.25, 0.3) is 0 Å². The van der Waals surface area contributed by atoms with Crippen molar-refractivity contribution in [3.8, 4) is 0 Å². The highest BCUT2D eigenvalue weighted by Crippen LogP contribution is 2.15. The van der Waals surface area contributed by atoms with E-state index in [1.54, 1.807) is 6.07 Å². The van der Waals surface area contributed by atoms with Gasteiger partial charge in [0.2, 0.25) is 0 Å². The standard InChI is InChI=1S/C13H19NO2/c1-13(2,14)9-8-10-6-4-5-7-11(10)12(15)16-3/h4-7H,8-9,14H2,1-3H3. The number of esters is 1. The second-order valence-electron chi connectivity index (χ2n) is 4.64. The highest BCUT2D eigenvalue weighted by atomic mass is 16.5. The van der Waals surface area contributed by atoms with Gasteiger partial charge in [-0.15, -0.1) is 0 Å². The zero-order valence-electron chi connectivity index (χ0n) is 10.1. The number of nitrogens with two attached hydrogens (primary N) is 1. The van der Waals surface area contributed by atoms with E-state index in [-0.39, 0.29) is 11.5 Å². The first kappa shape index (κ1) is 12.7. The van der Waals surface area contributed by atoms with Gasteiger partial charge in [0, 0.05) is 5.54 Å². The SMILES string of the molecule is COC(=O)c1ccccc1CCC(C)(C)N. The van der Waals surface area contributed by atoms with Crippen molar-refractivity contribution in [3.63, 3.8) is 0 Å². The molecular formula is C13H19NO2. The summed E-state index contributed by atoms with van der Waals surface area (Å²) in [6, 6.07) is 7.48. The van der Waals surface area contributed by atoms with Gasteiger partial charge >= 0.3 is 5.97 Å². The van der Waals surface area contributed by atoms with E-state index in [4.69, 9.17) is 10.5 Å². The molecule has 0 atom stereocenters. The third-order valence-electron chi connectivity index (χ3n) is 2.46. The van der Waals surface area contributed by atoms with Crippen molar-refractivity contribution in [1.82, 2.24) is 0 Å². The minimum absolute atomic E-state index is 0.219. The van der Waals surface area contributed by atoms with Gasteiger partial charge in [0.15, 0.2) is 0 Å². The number of methoxy groups -OCH3 is 1. The molecule has 16 heavy (non-hydrogen) atoms. The summed E-state index contributed by atoms with van der Waals surface area (Å²) in [5.41, 5.74) is 7.33. The second kappa shape index (κ2) is 5.12. The maximum atomic E-state index is 11.5. The fraction of sp³-hybridized carbons (Fsp3) is 0.462. The van der Waals surface area contributed by atoms with Crippen molar-refractivity contribution in [1.29, 1.82) is 0 Å². The lowest BCUT2D eigenvalue weighted by atomic mass is 9.94. The molecule has 0 spiro atoms. The summed E-state index contributed by atoms with van der Waals surface area (Å²) < 4.78 is 4.74. The van der Waals surface area contributed by atoms with Gasteiger partial charge in [0.05, 0.1) is 12.7 Å². The Morgan fingerprint density at radius 2 is 2.00 bits per heavy atom. The van der Waals surface area contributed by atoms with E-state index in [0.29, 0.717) is 5.56 Å². The molecule has 2 N–H and O–H groups in total. The number of benzene rings is 1. The maximum absolute atomic E-state index is 11.5. The van der Waals surface area contributed by atoms with Gasteiger partial charge < -0.3 is 10.5 Å². The van der Waals surface area contributed by atoms with E-state index in [1.165, 1.54) is 7.11 Å². The van der Waals surface area contributed by atoms with Crippen LogP contribution in [0.3, 0.4) is 0 Å². The van der Waals surface area contributed by atoms with Gasteiger partial charge in [-0.05, 0) is 38.3 Å². The molecule has 88 valence electrons. The Morgan fingerprint density at radius 3 is 2.56 bits per heavy atom. The Bertz CT molecular complexity index is 366. The van der Waals surface area contributed by atoms with Crippen LogP contribution in [-0.4, -0.2) is 18.6 Å². The fourth-order valence-corrected chi connectivity index (χ4v) is 1.50. The molecule has 1 aromatic rings. The molecule has 0 heterocycles. The number of hydrogen-bond acceptors (Lipinski definition) is 3. The molecule has 0 unspecified atom stereocenters. The lowest BCUT2D eigenvalue weighted by molar-refractivity contribution is 0.0599. The third-order valence-corrected chi connectivity index (χ3v) is 2.46. The smallest absolute Gasteiger partial charge is 0.338 e. The van der Waals surface area contributed by atoms with Crippen LogP contribution in [-0.2, 0) is 11.2 Å². The van der Waals surface area contributed by atoms with Crippen LogP contribution in [0.15, 0.2) is 24.3 Å². The normalized spacial score (nSPS) is 11.2. The zero-order valence-corrected chi connectivity index (χ0v) is 10.1. The first-order chi connectivity index (χ1) is 7.44. The van der Waals surface area contributed by atoms with E-state index in [0.717, 1.165) is 18.4 Å². The predicted molar refractivity (Wildman–Crippen MR) is 64.4 cm³/mol. The highest BCUT2D eigenvalue weighted by Gasteiger charge is 2.15. The van der Waals surface area contributed by atoms with Crippen molar-refractivity contribution in [3.05, 3.63) is 35.4 Å². The summed E-state index contributed by atoms with van der Waals surface area (Å²) in [6.45, 7) is 3.96. The van der Waals surface area contributed by atoms with Crippen LogP contribution >= 0.6 is 0 Å². The molecule has 0 aliphatic heterocycles. The van der Waals surface area contributed by atoms with Crippen LogP contribution < -0.4 is 5.73 Å². The molecule has 0 amide bonds. The van der Waals surface area contributed by atoms with Crippen molar-refractivity contribution in [2.75, 3.05) is 7.11 Å². The van der Waals surface area contributed by atoms with E-state index in [9.17, 15) is 4.79 Å². The zero-order chi connectivity index (χ0) is 12.2. The number of rotatable bonds is 4. The minimum atomic E-state index is -0.287. The fourth-order valence-electron chi connectivity index (χ4n) is 1.50. The molecular weight excluding hydrogens is 202 g/mol. The Labute approximate surface area is 96.6 Å². The highest BCUT2D eigenvalue weighted by molar-refractivity contribution is 5.90. The molecule has 3 nitrogen and oxygen atoms in total. The summed E-state index contributed by atoms with van der Waals surface area (Å²) >= 11 is 0. The number of ether oxygens (including phenoxy) is 1. The van der Waals surface area contributed by atoms with Gasteiger partial charge in [0.1, 0.15) is 0 Å². The Morgan fingerprint density at radius 1 is 1.38 bits per heavy atom. The van der Waals surface area contributed by atoms with E-state index in [1.807, 2.05) is 32.0 Å². The summed E-state index contributed by atoms with van der Waals surface area (Å²) in [5, 5.41) is 0. The van der Waals surface area contributed by atoms with Crippen LogP contribution in [0.1, 0.15) is 36.2 Å². The number of carbonyl (C=O) groups is 1. The number of aryl methyl sites for hydroxylation is 1. The molecule has 0 bridgehead atoms. The molecule has 0 aliphatic carbocycles. The minimum Gasteiger partial charge on any atom is -0.465 e. The number of hydrogen-bond donors (Lipinski definition) is 1. The van der Waals surface area contributed by atoms with Crippen molar-refractivity contribution < 1.29 is 9.53 Å². The molecule has 0 fully saturated rings. The van der Waals surface area contributed by atoms with Gasteiger partial charge in [-0.3, -0.25) is 0 Å². The van der Waals surface area contributed by atoms with Crippen molar-refractivity contribution in [2.24, 2.45) is 5.73 Å². The monoisotopic (exact) mass is 221 g/mol. The van der Waals surface area contributed by atoms with E-state index in [2.05, 4.69) is 0 Å². The van der Waals surface area contributed by atoms with Crippen molar-refractivity contribution in [2.45, 2.75) is 32.2 Å². The molecule has 0 saturated carbocycles. The summed E-state index contributed by atoms with van der Waals surface area (Å²) in [5.74, 6) is -0.287. The van der Waals surface area contributed by atoms with E-state index < -0.39 is 0 Å². The van der Waals surface area contributed by atoms with Crippen LogP contribution in [0.5, 0.6) is 0 Å². The third kappa shape index (κ3) is 3.66. The molecule has 0 aromatic heterocycles. The molecule has 0 aliphatic rings. The summed E-state index contributed by atoms with van der Waals surface area (Å²) in [4.78, 5) is 11.5. The predicted octanol–water partition coefficient (Wildman–Crippen LogP) is 2.14. The Balaban J connectivity index is 2.83. The molecule has 1 aromatic carbocycles. The molecule has 0 saturated heterocycles. The van der Waals surface area contributed by atoms with Crippen LogP contribution in [0, 0.1) is 0 Å². The molecule has 1 rings (SSSR count). The second-order valence-corrected chi connectivity index (χ2v) is 4.64. The Hall–Kier alpha value is -1.35. The van der Waals surface area contributed by atoms with Crippen LogP contribution in [0.4, 0.5) is 0 Å². The molecule has 0 radical (unpaired) electrons. The van der Waals surface area contributed by atoms with Crippen LogP contribution in [0.2, 0.25) is 0 Å². The summed E-state index contributed by atoms with van der Waals surface area (Å²) in [7, 11) is 1.39. The van der Waals surface area contributed by atoms with Gasteiger partial charge in [-0.2, -0.15) is 0 Å². The lowest BCUT2D eigenvalue weighted by Crippen LogP contribution is -2.32. The van der Waals surface area contributed by atoms with Gasteiger partial charge in [0.25, 0.3) is 0 Å². The quantitative estimate of drug-likeness (QED) is 0.792. The van der Waals surface area contributed by atoms with Gasteiger partial charge in [-0.1, -0.05) is 18.2 Å². The Kier molecular flexibility index (Phi) is 4.07. The number of carbonyl (C=O) groups excluding carboxylic acids is 1. The average molecular weight is 221 g/mol. The first-order valence-electron chi connectivity index (χ1n) is 5.39. The first-order valence-corrected chi connectivity index (χ1v) is 5.39. The van der Waals surface area contributed by atoms with E-state index >= 15 is 0 Å². The topological polar surface area (TPSA) is 52.3 Å². The average Bonchev–Trinajstić information content (AvgIpc) is 2.25. The van der Waals surface area contributed by atoms with Gasteiger partial charge in [-0.25, -0.2) is 4.79 Å². The maximum Gasteiger partial charge on any atom is 0.338 e. The lowest BCUT2D eigenvalue weighted by Gasteiger charge is -2.18. The largest absolute Gasteiger partial charge is 0.465 e. The molecule has 3 heteroatoms.